The van der Waals surface area contributed by atoms with E-state index in [4.69, 9.17) is 0 Å². The molecule has 1 aliphatic carbocycles. The van der Waals surface area contributed by atoms with Crippen LogP contribution < -0.4 is 10.6 Å². The lowest BCUT2D eigenvalue weighted by Crippen LogP contribution is -2.24. The standard InChI is InChI=1S/C19H23N5O/c25-19(22-14-16-7-4-11-20-13-16)17-8-9-18(24-23-17)21-12-10-15-5-2-1-3-6-15/h4-5,7-9,11,13H,1-3,6,10,12,14H2,(H,21,24)(H,22,25). The summed E-state index contributed by atoms with van der Waals surface area (Å²) in [6, 6.07) is 7.23. The summed E-state index contributed by atoms with van der Waals surface area (Å²) in [6.07, 6.45) is 11.8. The van der Waals surface area contributed by atoms with Crippen LogP contribution in [0.15, 0.2) is 48.3 Å². The number of hydrogen-bond donors (Lipinski definition) is 2. The number of amides is 1. The lowest BCUT2D eigenvalue weighted by molar-refractivity contribution is 0.0945. The number of nitrogens with one attached hydrogen (secondary N) is 2. The van der Waals surface area contributed by atoms with Gasteiger partial charge in [0.15, 0.2) is 5.69 Å². The molecule has 1 aliphatic rings. The Balaban J connectivity index is 1.44. The molecule has 6 nitrogen and oxygen atoms in total. The largest absolute Gasteiger partial charge is 0.368 e. The van der Waals surface area contributed by atoms with E-state index in [9.17, 15) is 4.79 Å². The van der Waals surface area contributed by atoms with E-state index in [0.29, 0.717) is 18.1 Å². The predicted molar refractivity (Wildman–Crippen MR) is 97.1 cm³/mol. The summed E-state index contributed by atoms with van der Waals surface area (Å²) in [7, 11) is 0. The number of anilines is 1. The topological polar surface area (TPSA) is 79.8 Å². The minimum atomic E-state index is -0.240. The van der Waals surface area contributed by atoms with Crippen LogP contribution in [-0.2, 0) is 6.54 Å². The van der Waals surface area contributed by atoms with E-state index in [2.05, 4.69) is 31.9 Å². The smallest absolute Gasteiger partial charge is 0.272 e. The fraction of sp³-hybridized carbons (Fsp3) is 0.368. The van der Waals surface area contributed by atoms with E-state index in [1.807, 2.05) is 12.1 Å². The van der Waals surface area contributed by atoms with Crippen LogP contribution >= 0.6 is 0 Å². The zero-order chi connectivity index (χ0) is 17.3. The maximum Gasteiger partial charge on any atom is 0.272 e. The zero-order valence-corrected chi connectivity index (χ0v) is 14.2. The van der Waals surface area contributed by atoms with Crippen LogP contribution in [-0.4, -0.2) is 27.6 Å². The molecule has 2 aromatic rings. The van der Waals surface area contributed by atoms with Gasteiger partial charge in [-0.2, -0.15) is 0 Å². The molecule has 2 aromatic heterocycles. The van der Waals surface area contributed by atoms with E-state index in [1.54, 1.807) is 24.5 Å². The van der Waals surface area contributed by atoms with Crippen molar-refractivity contribution in [1.82, 2.24) is 20.5 Å². The summed E-state index contributed by atoms with van der Waals surface area (Å²) in [5.41, 5.74) is 2.78. The van der Waals surface area contributed by atoms with Crippen LogP contribution in [0.3, 0.4) is 0 Å². The average molecular weight is 337 g/mol. The Bertz CT molecular complexity index is 712. The Labute approximate surface area is 147 Å². The number of hydrogen-bond acceptors (Lipinski definition) is 5. The number of allylic oxidation sites excluding steroid dienone is 1. The highest BCUT2D eigenvalue weighted by Crippen LogP contribution is 2.19. The molecule has 3 rings (SSSR count). The quantitative estimate of drug-likeness (QED) is 0.759. The van der Waals surface area contributed by atoms with E-state index in [-0.39, 0.29) is 5.91 Å². The molecule has 0 aliphatic heterocycles. The molecule has 0 unspecified atom stereocenters. The third-order valence-corrected chi connectivity index (χ3v) is 4.21. The fourth-order valence-corrected chi connectivity index (χ4v) is 2.81. The number of pyridine rings is 1. The molecule has 0 spiro atoms. The molecule has 25 heavy (non-hydrogen) atoms. The minimum Gasteiger partial charge on any atom is -0.368 e. The summed E-state index contributed by atoms with van der Waals surface area (Å²) in [6.45, 7) is 1.26. The van der Waals surface area contributed by atoms with Crippen molar-refractivity contribution >= 4 is 11.7 Å². The maximum absolute atomic E-state index is 12.1. The molecule has 0 atom stereocenters. The molecule has 130 valence electrons. The molecular formula is C19H23N5O. The van der Waals surface area contributed by atoms with Crippen molar-refractivity contribution in [3.05, 3.63) is 59.6 Å². The lowest BCUT2D eigenvalue weighted by Gasteiger charge is -2.13. The zero-order valence-electron chi connectivity index (χ0n) is 14.2. The number of carbonyl (C=O) groups excluding carboxylic acids is 1. The lowest BCUT2D eigenvalue weighted by atomic mass is 9.97. The van der Waals surface area contributed by atoms with Crippen LogP contribution in [0.4, 0.5) is 5.82 Å². The van der Waals surface area contributed by atoms with Gasteiger partial charge in [-0.15, -0.1) is 10.2 Å². The van der Waals surface area contributed by atoms with Gasteiger partial charge in [0, 0.05) is 25.5 Å². The summed E-state index contributed by atoms with van der Waals surface area (Å²) < 4.78 is 0. The van der Waals surface area contributed by atoms with Gasteiger partial charge in [0.1, 0.15) is 5.82 Å². The third kappa shape index (κ3) is 5.38. The van der Waals surface area contributed by atoms with Crippen molar-refractivity contribution < 1.29 is 4.79 Å². The van der Waals surface area contributed by atoms with Gasteiger partial charge in [-0.05, 0) is 55.9 Å². The van der Waals surface area contributed by atoms with Crippen molar-refractivity contribution in [2.75, 3.05) is 11.9 Å². The number of nitrogens with zero attached hydrogens (tertiary/aromatic N) is 3. The summed E-state index contributed by atoms with van der Waals surface area (Å²) in [5, 5.41) is 14.2. The van der Waals surface area contributed by atoms with E-state index >= 15 is 0 Å². The van der Waals surface area contributed by atoms with E-state index in [1.165, 1.54) is 31.3 Å². The Morgan fingerprint density at radius 1 is 1.16 bits per heavy atom. The number of aromatic nitrogens is 3. The molecule has 6 heteroatoms. The van der Waals surface area contributed by atoms with Gasteiger partial charge in [0.25, 0.3) is 5.91 Å². The molecule has 2 N–H and O–H groups in total. The molecule has 0 aromatic carbocycles. The van der Waals surface area contributed by atoms with Crippen LogP contribution in [0, 0.1) is 0 Å². The van der Waals surface area contributed by atoms with Crippen LogP contribution in [0.2, 0.25) is 0 Å². The molecular weight excluding hydrogens is 314 g/mol. The monoisotopic (exact) mass is 337 g/mol. The molecule has 0 saturated carbocycles. The van der Waals surface area contributed by atoms with Gasteiger partial charge >= 0.3 is 0 Å². The van der Waals surface area contributed by atoms with Crippen LogP contribution in [0.1, 0.15) is 48.2 Å². The van der Waals surface area contributed by atoms with Gasteiger partial charge in [-0.1, -0.05) is 17.7 Å². The first-order valence-corrected chi connectivity index (χ1v) is 8.74. The van der Waals surface area contributed by atoms with Gasteiger partial charge in [-0.25, -0.2) is 0 Å². The molecule has 0 fully saturated rings. The van der Waals surface area contributed by atoms with Gasteiger partial charge in [0.05, 0.1) is 0 Å². The van der Waals surface area contributed by atoms with Gasteiger partial charge in [-0.3, -0.25) is 9.78 Å². The highest BCUT2D eigenvalue weighted by Gasteiger charge is 2.08. The molecule has 1 amide bonds. The Morgan fingerprint density at radius 3 is 2.84 bits per heavy atom. The second kappa shape index (κ2) is 8.92. The SMILES string of the molecule is O=C(NCc1cccnc1)c1ccc(NCCC2=CCCCC2)nn1. The van der Waals surface area contributed by atoms with Crippen LogP contribution in [0.25, 0.3) is 0 Å². The van der Waals surface area contributed by atoms with Crippen molar-refractivity contribution in [1.29, 1.82) is 0 Å². The fourth-order valence-electron chi connectivity index (χ4n) is 2.81. The minimum absolute atomic E-state index is 0.240. The van der Waals surface area contributed by atoms with E-state index in [0.717, 1.165) is 18.5 Å². The van der Waals surface area contributed by atoms with Gasteiger partial charge in [0.2, 0.25) is 0 Å². The van der Waals surface area contributed by atoms with Crippen molar-refractivity contribution in [2.45, 2.75) is 38.6 Å². The highest BCUT2D eigenvalue weighted by molar-refractivity contribution is 5.92. The van der Waals surface area contributed by atoms with Crippen molar-refractivity contribution in [2.24, 2.45) is 0 Å². The number of rotatable bonds is 7. The van der Waals surface area contributed by atoms with Crippen LogP contribution in [0.5, 0.6) is 0 Å². The molecule has 2 heterocycles. The maximum atomic E-state index is 12.1. The van der Waals surface area contributed by atoms with E-state index < -0.39 is 0 Å². The molecule has 0 bridgehead atoms. The highest BCUT2D eigenvalue weighted by atomic mass is 16.1. The summed E-state index contributed by atoms with van der Waals surface area (Å²) in [4.78, 5) is 16.1. The Morgan fingerprint density at radius 2 is 2.12 bits per heavy atom. The first-order chi connectivity index (χ1) is 12.3. The normalized spacial score (nSPS) is 13.8. The first kappa shape index (κ1) is 17.1. The summed E-state index contributed by atoms with van der Waals surface area (Å²) in [5.74, 6) is 0.454. The average Bonchev–Trinajstić information content (AvgIpc) is 2.68. The Hall–Kier alpha value is -2.76. The predicted octanol–water partition coefficient (Wildman–Crippen LogP) is 3.10. The number of carbonyl (C=O) groups is 1. The van der Waals surface area contributed by atoms with Crippen molar-refractivity contribution in [3.8, 4) is 0 Å². The summed E-state index contributed by atoms with van der Waals surface area (Å²) >= 11 is 0. The molecule has 0 radical (unpaired) electrons. The third-order valence-electron chi connectivity index (χ3n) is 4.21. The second-order valence-corrected chi connectivity index (χ2v) is 6.13. The second-order valence-electron chi connectivity index (χ2n) is 6.13. The molecule has 0 saturated heterocycles. The van der Waals surface area contributed by atoms with Gasteiger partial charge < -0.3 is 10.6 Å². The Kier molecular flexibility index (Phi) is 6.09. The first-order valence-electron chi connectivity index (χ1n) is 8.74. The van der Waals surface area contributed by atoms with Crippen molar-refractivity contribution in [3.63, 3.8) is 0 Å².